The first kappa shape index (κ1) is 13.5. The van der Waals surface area contributed by atoms with Gasteiger partial charge in [-0.3, -0.25) is 0 Å². The van der Waals surface area contributed by atoms with Crippen LogP contribution in [0, 0.1) is 0 Å². The van der Waals surface area contributed by atoms with E-state index in [0.717, 1.165) is 6.08 Å². The average Bonchev–Trinajstić information content (AvgIpc) is 2.36. The minimum Gasteiger partial charge on any atom is -0.476 e. The summed E-state index contributed by atoms with van der Waals surface area (Å²) in [5, 5.41) is 0. The first-order valence-electron chi connectivity index (χ1n) is 5.65. The van der Waals surface area contributed by atoms with E-state index in [-0.39, 0.29) is 17.9 Å². The fourth-order valence-corrected chi connectivity index (χ4v) is 1.75. The van der Waals surface area contributed by atoms with Crippen molar-refractivity contribution in [2.75, 3.05) is 6.61 Å². The summed E-state index contributed by atoms with van der Waals surface area (Å²) < 4.78 is 47.8. The van der Waals surface area contributed by atoms with E-state index in [9.17, 15) is 18.0 Å². The van der Waals surface area contributed by atoms with E-state index in [1.54, 1.807) is 19.1 Å². The number of esters is 1. The van der Waals surface area contributed by atoms with Crippen LogP contribution in [0.2, 0.25) is 0 Å². The van der Waals surface area contributed by atoms with Crippen molar-refractivity contribution in [1.82, 2.24) is 0 Å². The number of hydrogen-bond acceptors (Lipinski definition) is 3. The number of para-hydroxylation sites is 1. The summed E-state index contributed by atoms with van der Waals surface area (Å²) in [6.07, 6.45) is -5.96. The van der Waals surface area contributed by atoms with Gasteiger partial charge in [-0.25, -0.2) is 4.79 Å². The molecule has 1 heterocycles. The summed E-state index contributed by atoms with van der Waals surface area (Å²) in [4.78, 5) is 11.7. The summed E-state index contributed by atoms with van der Waals surface area (Å²) >= 11 is 0. The maximum Gasteiger partial charge on any atom is 0.429 e. The molecule has 19 heavy (non-hydrogen) atoms. The zero-order valence-corrected chi connectivity index (χ0v) is 10.0. The van der Waals surface area contributed by atoms with Gasteiger partial charge >= 0.3 is 12.1 Å². The highest BCUT2D eigenvalue weighted by Gasteiger charge is 2.43. The predicted octanol–water partition coefficient (Wildman–Crippen LogP) is 2.96. The second-order valence-corrected chi connectivity index (χ2v) is 3.88. The predicted molar refractivity (Wildman–Crippen MR) is 61.5 cm³/mol. The number of rotatable bonds is 2. The molecule has 1 unspecified atom stereocenters. The quantitative estimate of drug-likeness (QED) is 0.776. The minimum atomic E-state index is -4.58. The first-order valence-corrected chi connectivity index (χ1v) is 5.65. The van der Waals surface area contributed by atoms with Gasteiger partial charge in [-0.1, -0.05) is 18.2 Å². The van der Waals surface area contributed by atoms with Crippen LogP contribution >= 0.6 is 0 Å². The van der Waals surface area contributed by atoms with E-state index < -0.39 is 18.2 Å². The number of halogens is 3. The van der Waals surface area contributed by atoms with Crippen LogP contribution in [-0.2, 0) is 9.53 Å². The lowest BCUT2D eigenvalue weighted by Gasteiger charge is -2.26. The smallest absolute Gasteiger partial charge is 0.429 e. The normalized spacial score (nSPS) is 18.1. The highest BCUT2D eigenvalue weighted by molar-refractivity contribution is 6.17. The third-order valence-corrected chi connectivity index (χ3v) is 2.57. The molecule has 0 fully saturated rings. The molecule has 1 aliphatic rings. The third kappa shape index (κ3) is 2.72. The van der Waals surface area contributed by atoms with Crippen LogP contribution in [0.15, 0.2) is 30.3 Å². The molecule has 0 saturated heterocycles. The van der Waals surface area contributed by atoms with Gasteiger partial charge in [0.1, 0.15) is 5.75 Å². The topological polar surface area (TPSA) is 35.5 Å². The molecule has 0 bridgehead atoms. The van der Waals surface area contributed by atoms with Crippen LogP contribution < -0.4 is 4.74 Å². The Bertz CT molecular complexity index is 520. The Hall–Kier alpha value is -1.98. The van der Waals surface area contributed by atoms with Gasteiger partial charge in [-0.2, -0.15) is 13.2 Å². The second kappa shape index (κ2) is 4.95. The van der Waals surface area contributed by atoms with Gasteiger partial charge in [0.25, 0.3) is 0 Å². The van der Waals surface area contributed by atoms with Crippen molar-refractivity contribution < 1.29 is 27.4 Å². The molecule has 1 aliphatic heterocycles. The highest BCUT2D eigenvalue weighted by atomic mass is 19.4. The van der Waals surface area contributed by atoms with E-state index in [4.69, 9.17) is 9.47 Å². The van der Waals surface area contributed by atoms with Gasteiger partial charge in [0, 0.05) is 5.56 Å². The molecule has 0 radical (unpaired) electrons. The van der Waals surface area contributed by atoms with Gasteiger partial charge in [-0.15, -0.1) is 0 Å². The number of fused-ring (bicyclic) bond motifs is 1. The molecule has 1 atom stereocenters. The minimum absolute atomic E-state index is 0.0235. The highest BCUT2D eigenvalue weighted by Crippen LogP contribution is 2.37. The molecule has 0 aromatic heterocycles. The van der Waals surface area contributed by atoms with Crippen LogP contribution in [0.3, 0.4) is 0 Å². The van der Waals surface area contributed by atoms with Gasteiger partial charge in [0.2, 0.25) is 6.10 Å². The van der Waals surface area contributed by atoms with Crippen molar-refractivity contribution in [3.05, 3.63) is 35.9 Å². The average molecular weight is 272 g/mol. The Morgan fingerprint density at radius 2 is 2.05 bits per heavy atom. The molecule has 0 saturated carbocycles. The molecule has 1 aromatic carbocycles. The molecule has 3 nitrogen and oxygen atoms in total. The first-order chi connectivity index (χ1) is 8.93. The van der Waals surface area contributed by atoms with Crippen molar-refractivity contribution >= 4 is 11.5 Å². The van der Waals surface area contributed by atoms with Crippen molar-refractivity contribution in [3.63, 3.8) is 0 Å². The Morgan fingerprint density at radius 1 is 1.37 bits per heavy atom. The van der Waals surface area contributed by atoms with E-state index >= 15 is 0 Å². The number of carbonyl (C=O) groups excluding carboxylic acids is 1. The zero-order chi connectivity index (χ0) is 14.0. The van der Waals surface area contributed by atoms with Crippen molar-refractivity contribution in [1.29, 1.82) is 0 Å². The van der Waals surface area contributed by atoms with Gasteiger partial charge in [-0.05, 0) is 19.1 Å². The fourth-order valence-electron chi connectivity index (χ4n) is 1.75. The van der Waals surface area contributed by atoms with Crippen LogP contribution in [0.25, 0.3) is 5.57 Å². The number of hydrogen-bond donors (Lipinski definition) is 0. The molecule has 0 aliphatic carbocycles. The Morgan fingerprint density at radius 3 is 2.68 bits per heavy atom. The summed E-state index contributed by atoms with van der Waals surface area (Å²) in [5.41, 5.74) is 0.187. The molecule has 0 amide bonds. The lowest BCUT2D eigenvalue weighted by atomic mass is 10.00. The maximum atomic E-state index is 12.7. The molecular weight excluding hydrogens is 261 g/mol. The standard InChI is InChI=1S/C13H11F3O3/c1-2-18-12(17)9-7-11(13(14,15)16)19-10-6-4-3-5-8(9)10/h3-7,11H,2H2,1H3. The summed E-state index contributed by atoms with van der Waals surface area (Å²) in [6, 6.07) is 6.06. The van der Waals surface area contributed by atoms with Crippen LogP contribution in [0.1, 0.15) is 12.5 Å². The Labute approximate surface area is 107 Å². The number of benzene rings is 1. The Balaban J connectivity index is 2.45. The Kier molecular flexibility index (Phi) is 3.50. The van der Waals surface area contributed by atoms with Crippen LogP contribution in [-0.4, -0.2) is 24.9 Å². The summed E-state index contributed by atoms with van der Waals surface area (Å²) in [7, 11) is 0. The van der Waals surface area contributed by atoms with Crippen LogP contribution in [0.5, 0.6) is 5.75 Å². The van der Waals surface area contributed by atoms with E-state index in [1.807, 2.05) is 0 Å². The summed E-state index contributed by atoms with van der Waals surface area (Å²) in [6.45, 7) is 1.68. The molecule has 0 spiro atoms. The zero-order valence-electron chi connectivity index (χ0n) is 10.0. The SMILES string of the molecule is CCOC(=O)C1=CC(C(F)(F)F)Oc2ccccc21. The van der Waals surface area contributed by atoms with Crippen LogP contribution in [0.4, 0.5) is 13.2 Å². The lowest BCUT2D eigenvalue weighted by molar-refractivity contribution is -0.180. The molecule has 2 rings (SSSR count). The van der Waals surface area contributed by atoms with E-state index in [2.05, 4.69) is 0 Å². The van der Waals surface area contributed by atoms with E-state index in [1.165, 1.54) is 12.1 Å². The second-order valence-electron chi connectivity index (χ2n) is 3.88. The van der Waals surface area contributed by atoms with E-state index in [0.29, 0.717) is 5.56 Å². The van der Waals surface area contributed by atoms with Gasteiger partial charge in [0.05, 0.1) is 12.2 Å². The summed E-state index contributed by atoms with van der Waals surface area (Å²) in [5.74, 6) is -0.761. The fraction of sp³-hybridized carbons (Fsp3) is 0.308. The molecule has 6 heteroatoms. The van der Waals surface area contributed by atoms with Gasteiger partial charge < -0.3 is 9.47 Å². The molecule has 0 N–H and O–H groups in total. The number of alkyl halides is 3. The lowest BCUT2D eigenvalue weighted by Crippen LogP contribution is -2.35. The number of carbonyl (C=O) groups is 1. The number of ether oxygens (including phenoxy) is 2. The van der Waals surface area contributed by atoms with Crippen molar-refractivity contribution in [2.45, 2.75) is 19.2 Å². The molecular formula is C13H11F3O3. The molecule has 1 aromatic rings. The van der Waals surface area contributed by atoms with Gasteiger partial charge in [0.15, 0.2) is 0 Å². The monoisotopic (exact) mass is 272 g/mol. The largest absolute Gasteiger partial charge is 0.476 e. The van der Waals surface area contributed by atoms with Crippen molar-refractivity contribution in [3.8, 4) is 5.75 Å². The maximum absolute atomic E-state index is 12.7. The third-order valence-electron chi connectivity index (χ3n) is 2.57. The van der Waals surface area contributed by atoms with Crippen molar-refractivity contribution in [2.24, 2.45) is 0 Å². The molecule has 102 valence electrons.